The number of ether oxygens (including phenoxy) is 3. The first-order valence-corrected chi connectivity index (χ1v) is 10.7. The third-order valence-electron chi connectivity index (χ3n) is 6.19. The molecule has 1 aromatic heterocycles. The van der Waals surface area contributed by atoms with Crippen molar-refractivity contribution in [3.05, 3.63) is 54.4 Å². The zero-order chi connectivity index (χ0) is 20.1. The molecule has 1 unspecified atom stereocenters. The van der Waals surface area contributed by atoms with E-state index in [1.165, 1.54) is 5.56 Å². The lowest BCUT2D eigenvalue weighted by Gasteiger charge is -2.38. The average molecular weight is 397 g/mol. The minimum Gasteiger partial charge on any atom is -0.492 e. The monoisotopic (exact) mass is 396 g/mol. The molecule has 5 heteroatoms. The van der Waals surface area contributed by atoms with Crippen LogP contribution >= 0.6 is 0 Å². The Bertz CT molecular complexity index is 775. The molecule has 2 fully saturated rings. The molecule has 1 atom stereocenters. The lowest BCUT2D eigenvalue weighted by Crippen LogP contribution is -2.39. The maximum Gasteiger partial charge on any atom is 0.137 e. The van der Waals surface area contributed by atoms with Gasteiger partial charge in [0.25, 0.3) is 0 Å². The fourth-order valence-electron chi connectivity index (χ4n) is 4.71. The summed E-state index contributed by atoms with van der Waals surface area (Å²) in [5, 5.41) is 0. The quantitative estimate of drug-likeness (QED) is 0.703. The molecule has 29 heavy (non-hydrogen) atoms. The van der Waals surface area contributed by atoms with Crippen molar-refractivity contribution in [3.8, 4) is 11.5 Å². The number of likely N-dealkylation sites (tertiary alicyclic amines) is 1. The zero-order valence-corrected chi connectivity index (χ0v) is 17.5. The van der Waals surface area contributed by atoms with Gasteiger partial charge < -0.3 is 14.2 Å². The van der Waals surface area contributed by atoms with Gasteiger partial charge in [0.1, 0.15) is 11.5 Å². The van der Waals surface area contributed by atoms with Gasteiger partial charge in [0.05, 0.1) is 18.9 Å². The third kappa shape index (κ3) is 4.90. The second-order valence-electron chi connectivity index (χ2n) is 8.62. The fourth-order valence-corrected chi connectivity index (χ4v) is 4.71. The van der Waals surface area contributed by atoms with E-state index in [9.17, 15) is 0 Å². The van der Waals surface area contributed by atoms with Crippen molar-refractivity contribution in [1.29, 1.82) is 0 Å². The molecule has 0 N–H and O–H groups in total. The fraction of sp³-hybridized carbons (Fsp3) is 0.542. The van der Waals surface area contributed by atoms with Gasteiger partial charge in [-0.1, -0.05) is 18.2 Å². The van der Waals surface area contributed by atoms with Crippen LogP contribution in [0, 0.1) is 11.3 Å². The van der Waals surface area contributed by atoms with Gasteiger partial charge >= 0.3 is 0 Å². The predicted molar refractivity (Wildman–Crippen MR) is 113 cm³/mol. The molecule has 2 saturated heterocycles. The number of para-hydroxylation sites is 1. The van der Waals surface area contributed by atoms with Crippen LogP contribution in [0.1, 0.15) is 32.3 Å². The Labute approximate surface area is 174 Å². The molecule has 0 amide bonds. The summed E-state index contributed by atoms with van der Waals surface area (Å²) in [6.07, 6.45) is 5.96. The highest BCUT2D eigenvalue weighted by Gasteiger charge is 2.47. The van der Waals surface area contributed by atoms with E-state index in [0.29, 0.717) is 5.92 Å². The summed E-state index contributed by atoms with van der Waals surface area (Å²) in [4.78, 5) is 6.74. The molecule has 2 aromatic rings. The topological polar surface area (TPSA) is 43.8 Å². The summed E-state index contributed by atoms with van der Waals surface area (Å²) in [6.45, 7) is 9.63. The molecule has 1 spiro atoms. The van der Waals surface area contributed by atoms with E-state index in [1.54, 1.807) is 12.4 Å². The molecule has 5 nitrogen and oxygen atoms in total. The van der Waals surface area contributed by atoms with Crippen LogP contribution in [0.4, 0.5) is 0 Å². The summed E-state index contributed by atoms with van der Waals surface area (Å²) < 4.78 is 17.9. The summed E-state index contributed by atoms with van der Waals surface area (Å²) in [5.41, 5.74) is 1.53. The molecule has 0 aliphatic carbocycles. The highest BCUT2D eigenvalue weighted by molar-refractivity contribution is 5.33. The third-order valence-corrected chi connectivity index (χ3v) is 6.19. The van der Waals surface area contributed by atoms with Gasteiger partial charge in [-0.3, -0.25) is 9.88 Å². The van der Waals surface area contributed by atoms with Crippen LogP contribution in [0.5, 0.6) is 11.5 Å². The molecular formula is C24H32N2O3. The average Bonchev–Trinajstić information content (AvgIpc) is 3.05. The van der Waals surface area contributed by atoms with Gasteiger partial charge in [-0.25, -0.2) is 0 Å². The number of pyridine rings is 1. The Morgan fingerprint density at radius 3 is 2.76 bits per heavy atom. The number of nitrogens with zero attached hydrogens (tertiary/aromatic N) is 2. The molecule has 2 aliphatic rings. The van der Waals surface area contributed by atoms with Gasteiger partial charge in [0.2, 0.25) is 0 Å². The van der Waals surface area contributed by atoms with E-state index in [0.717, 1.165) is 63.8 Å². The Morgan fingerprint density at radius 1 is 1.17 bits per heavy atom. The zero-order valence-electron chi connectivity index (χ0n) is 17.5. The standard InChI is InChI=1S/C24H32N2O3/c1-19(2)29-23-8-4-3-6-20(23)15-26-16-21(17-28-22-7-5-11-25-14-22)24(18-26)9-12-27-13-10-24/h3-8,11,14,19,21H,9-10,12-13,15-18H2,1-2H3. The smallest absolute Gasteiger partial charge is 0.137 e. The molecule has 3 heterocycles. The van der Waals surface area contributed by atoms with Crippen molar-refractivity contribution in [2.45, 2.75) is 39.3 Å². The Balaban J connectivity index is 1.47. The number of benzene rings is 1. The van der Waals surface area contributed by atoms with Crippen LogP contribution in [0.15, 0.2) is 48.8 Å². The minimum atomic E-state index is 0.178. The van der Waals surface area contributed by atoms with E-state index < -0.39 is 0 Å². The highest BCUT2D eigenvalue weighted by atomic mass is 16.5. The first-order valence-electron chi connectivity index (χ1n) is 10.7. The van der Waals surface area contributed by atoms with Gasteiger partial charge in [-0.15, -0.1) is 0 Å². The Kier molecular flexibility index (Phi) is 6.36. The summed E-state index contributed by atoms with van der Waals surface area (Å²) in [6, 6.07) is 12.3. The van der Waals surface area contributed by atoms with E-state index in [-0.39, 0.29) is 11.5 Å². The summed E-state index contributed by atoms with van der Waals surface area (Å²) in [7, 11) is 0. The number of hydrogen-bond acceptors (Lipinski definition) is 5. The normalized spacial score (nSPS) is 21.6. The molecule has 0 bridgehead atoms. The van der Waals surface area contributed by atoms with E-state index >= 15 is 0 Å². The largest absolute Gasteiger partial charge is 0.492 e. The molecule has 156 valence electrons. The van der Waals surface area contributed by atoms with Gasteiger partial charge in [-0.2, -0.15) is 0 Å². The Morgan fingerprint density at radius 2 is 2.00 bits per heavy atom. The lowest BCUT2D eigenvalue weighted by molar-refractivity contribution is -0.00945. The van der Waals surface area contributed by atoms with Crippen LogP contribution in [-0.4, -0.2) is 48.9 Å². The molecule has 2 aliphatic heterocycles. The highest BCUT2D eigenvalue weighted by Crippen LogP contribution is 2.45. The number of rotatable bonds is 7. The lowest BCUT2D eigenvalue weighted by atomic mass is 9.72. The minimum absolute atomic E-state index is 0.178. The van der Waals surface area contributed by atoms with Crippen LogP contribution < -0.4 is 9.47 Å². The Hall–Kier alpha value is -2.11. The first kappa shape index (κ1) is 20.2. The maximum absolute atomic E-state index is 6.14. The predicted octanol–water partition coefficient (Wildman–Crippen LogP) is 4.18. The number of hydrogen-bond donors (Lipinski definition) is 0. The van der Waals surface area contributed by atoms with Crippen LogP contribution in [-0.2, 0) is 11.3 Å². The van der Waals surface area contributed by atoms with E-state index in [2.05, 4.69) is 48.0 Å². The molecule has 1 aromatic carbocycles. The second-order valence-corrected chi connectivity index (χ2v) is 8.62. The second kappa shape index (κ2) is 9.14. The van der Waals surface area contributed by atoms with Crippen molar-refractivity contribution >= 4 is 0 Å². The van der Waals surface area contributed by atoms with Crippen molar-refractivity contribution in [2.75, 3.05) is 32.9 Å². The van der Waals surface area contributed by atoms with Crippen LogP contribution in [0.3, 0.4) is 0 Å². The number of aromatic nitrogens is 1. The van der Waals surface area contributed by atoms with Crippen LogP contribution in [0.2, 0.25) is 0 Å². The first-order chi connectivity index (χ1) is 14.1. The molecule has 4 rings (SSSR count). The van der Waals surface area contributed by atoms with E-state index in [1.807, 2.05) is 12.1 Å². The van der Waals surface area contributed by atoms with E-state index in [4.69, 9.17) is 14.2 Å². The van der Waals surface area contributed by atoms with Crippen LogP contribution in [0.25, 0.3) is 0 Å². The molecule has 0 saturated carbocycles. The molecular weight excluding hydrogens is 364 g/mol. The van der Waals surface area contributed by atoms with Crippen molar-refractivity contribution in [1.82, 2.24) is 9.88 Å². The summed E-state index contributed by atoms with van der Waals surface area (Å²) in [5.74, 6) is 2.34. The SMILES string of the molecule is CC(C)Oc1ccccc1CN1CC(COc2cccnc2)C2(CCOCC2)C1. The van der Waals surface area contributed by atoms with Gasteiger partial charge in [-0.05, 0) is 50.3 Å². The van der Waals surface area contributed by atoms with Crippen molar-refractivity contribution in [2.24, 2.45) is 11.3 Å². The van der Waals surface area contributed by atoms with Gasteiger partial charge in [0.15, 0.2) is 0 Å². The van der Waals surface area contributed by atoms with Gasteiger partial charge in [0, 0.05) is 50.5 Å². The summed E-state index contributed by atoms with van der Waals surface area (Å²) >= 11 is 0. The van der Waals surface area contributed by atoms with Crippen molar-refractivity contribution < 1.29 is 14.2 Å². The molecule has 0 radical (unpaired) electrons. The van der Waals surface area contributed by atoms with Crippen molar-refractivity contribution in [3.63, 3.8) is 0 Å². The maximum atomic E-state index is 6.14.